The highest BCUT2D eigenvalue weighted by Gasteiger charge is 2.01. The fraction of sp³-hybridized carbons (Fsp3) is 0.556. The Morgan fingerprint density at radius 1 is 1.69 bits per heavy atom. The Balaban J connectivity index is 2.58. The lowest BCUT2D eigenvalue weighted by Crippen LogP contribution is -2.10. The number of thiocarbonyl (C=S) groups is 1. The quantitative estimate of drug-likeness (QED) is 0.741. The van der Waals surface area contributed by atoms with Crippen molar-refractivity contribution in [2.45, 2.75) is 26.8 Å². The Labute approximate surface area is 83.9 Å². The van der Waals surface area contributed by atoms with E-state index in [4.69, 9.17) is 18.0 Å². The second-order valence-corrected chi connectivity index (χ2v) is 4.13. The molecule has 0 radical (unpaired) electrons. The normalized spacial score (nSPS) is 10.7. The van der Waals surface area contributed by atoms with Gasteiger partial charge in [-0.15, -0.1) is 0 Å². The van der Waals surface area contributed by atoms with Crippen LogP contribution in [0.1, 0.15) is 19.4 Å². The molecular weight excluding hydrogens is 182 g/mol. The molecule has 1 aromatic heterocycles. The van der Waals surface area contributed by atoms with Gasteiger partial charge in [-0.25, -0.2) is 0 Å². The predicted molar refractivity (Wildman–Crippen MR) is 57.6 cm³/mol. The zero-order valence-electron chi connectivity index (χ0n) is 8.03. The number of hydrogen-bond acceptors (Lipinski definition) is 2. The lowest BCUT2D eigenvalue weighted by molar-refractivity contribution is 0.483. The summed E-state index contributed by atoms with van der Waals surface area (Å²) in [5.74, 6) is 0.609. The van der Waals surface area contributed by atoms with Crippen molar-refractivity contribution in [1.82, 2.24) is 9.78 Å². The van der Waals surface area contributed by atoms with Gasteiger partial charge in [0.05, 0.1) is 11.2 Å². The summed E-state index contributed by atoms with van der Waals surface area (Å²) >= 11 is 4.82. The van der Waals surface area contributed by atoms with Gasteiger partial charge in [0.15, 0.2) is 0 Å². The first kappa shape index (κ1) is 10.2. The van der Waals surface area contributed by atoms with Gasteiger partial charge >= 0.3 is 0 Å². The molecule has 0 aliphatic carbocycles. The first-order chi connectivity index (χ1) is 6.08. The third-order valence-electron chi connectivity index (χ3n) is 1.62. The fourth-order valence-corrected chi connectivity index (χ4v) is 1.34. The molecule has 0 atom stereocenters. The van der Waals surface area contributed by atoms with E-state index in [9.17, 15) is 0 Å². The van der Waals surface area contributed by atoms with Crippen LogP contribution < -0.4 is 5.73 Å². The molecular formula is C9H15N3S. The maximum atomic E-state index is 5.43. The molecule has 13 heavy (non-hydrogen) atoms. The van der Waals surface area contributed by atoms with Gasteiger partial charge in [-0.2, -0.15) is 5.10 Å². The van der Waals surface area contributed by atoms with E-state index in [2.05, 4.69) is 18.9 Å². The van der Waals surface area contributed by atoms with Crippen LogP contribution in [0, 0.1) is 5.92 Å². The Kier molecular flexibility index (Phi) is 3.42. The summed E-state index contributed by atoms with van der Waals surface area (Å²) in [7, 11) is 0. The van der Waals surface area contributed by atoms with Crippen LogP contribution in [-0.2, 0) is 13.0 Å². The van der Waals surface area contributed by atoms with E-state index in [1.807, 2.05) is 17.1 Å². The topological polar surface area (TPSA) is 43.8 Å². The fourth-order valence-electron chi connectivity index (χ4n) is 1.17. The zero-order chi connectivity index (χ0) is 9.84. The summed E-state index contributed by atoms with van der Waals surface area (Å²) in [4.78, 5) is 0.518. The smallest absolute Gasteiger partial charge is 0.0772 e. The highest BCUT2D eigenvalue weighted by Crippen LogP contribution is 2.02. The van der Waals surface area contributed by atoms with Gasteiger partial charge in [0.1, 0.15) is 0 Å². The molecule has 0 saturated carbocycles. The molecule has 0 aliphatic rings. The van der Waals surface area contributed by atoms with E-state index >= 15 is 0 Å². The summed E-state index contributed by atoms with van der Waals surface area (Å²) in [6.45, 7) is 5.27. The third kappa shape index (κ3) is 3.55. The molecule has 3 nitrogen and oxygen atoms in total. The zero-order valence-corrected chi connectivity index (χ0v) is 8.84. The van der Waals surface area contributed by atoms with E-state index in [0.29, 0.717) is 17.3 Å². The Bertz CT molecular complexity index is 291. The number of rotatable bonds is 4. The van der Waals surface area contributed by atoms with Gasteiger partial charge in [-0.3, -0.25) is 4.68 Å². The summed E-state index contributed by atoms with van der Waals surface area (Å²) in [5.41, 5.74) is 6.52. The number of hydrogen-bond donors (Lipinski definition) is 1. The average molecular weight is 197 g/mol. The first-order valence-corrected chi connectivity index (χ1v) is 4.78. The maximum absolute atomic E-state index is 5.43. The monoisotopic (exact) mass is 197 g/mol. The standard InChI is InChI=1S/C9H15N3S/c1-7(2)5-12-6-8(4-11-12)3-9(10)13/h4,6-7H,3,5H2,1-2H3,(H2,10,13). The lowest BCUT2D eigenvalue weighted by atomic mass is 10.2. The molecule has 1 heterocycles. The van der Waals surface area contributed by atoms with Crippen LogP contribution in [0.4, 0.5) is 0 Å². The molecule has 0 spiro atoms. The first-order valence-electron chi connectivity index (χ1n) is 4.37. The van der Waals surface area contributed by atoms with Gasteiger partial charge in [0.2, 0.25) is 0 Å². The summed E-state index contributed by atoms with van der Waals surface area (Å²) in [6, 6.07) is 0. The molecule has 1 rings (SSSR count). The minimum atomic E-state index is 0.518. The van der Waals surface area contributed by atoms with Crippen molar-refractivity contribution in [3.8, 4) is 0 Å². The van der Waals surface area contributed by atoms with Crippen molar-refractivity contribution >= 4 is 17.2 Å². The SMILES string of the molecule is CC(C)Cn1cc(CC(N)=S)cn1. The van der Waals surface area contributed by atoms with E-state index in [1.165, 1.54) is 0 Å². The maximum Gasteiger partial charge on any atom is 0.0772 e. The van der Waals surface area contributed by atoms with E-state index in [0.717, 1.165) is 12.1 Å². The number of nitrogens with zero attached hydrogens (tertiary/aromatic N) is 2. The predicted octanol–water partition coefficient (Wildman–Crippen LogP) is 1.37. The molecule has 2 N–H and O–H groups in total. The van der Waals surface area contributed by atoms with Crippen LogP contribution in [0.2, 0.25) is 0 Å². The van der Waals surface area contributed by atoms with Crippen LogP contribution in [0.25, 0.3) is 0 Å². The summed E-state index contributed by atoms with van der Waals surface area (Å²) in [6.07, 6.45) is 4.47. The highest BCUT2D eigenvalue weighted by molar-refractivity contribution is 7.80. The second kappa shape index (κ2) is 4.37. The average Bonchev–Trinajstić information content (AvgIpc) is 2.33. The summed E-state index contributed by atoms with van der Waals surface area (Å²) < 4.78 is 1.93. The van der Waals surface area contributed by atoms with Gasteiger partial charge in [0.25, 0.3) is 0 Å². The molecule has 72 valence electrons. The molecule has 0 unspecified atom stereocenters. The van der Waals surface area contributed by atoms with E-state index < -0.39 is 0 Å². The minimum absolute atomic E-state index is 0.518. The van der Waals surface area contributed by atoms with Crippen LogP contribution in [-0.4, -0.2) is 14.8 Å². The van der Waals surface area contributed by atoms with Crippen LogP contribution in [0.15, 0.2) is 12.4 Å². The Morgan fingerprint density at radius 3 is 2.92 bits per heavy atom. The molecule has 0 aliphatic heterocycles. The summed E-state index contributed by atoms with van der Waals surface area (Å²) in [5, 5.41) is 4.21. The van der Waals surface area contributed by atoms with Crippen molar-refractivity contribution < 1.29 is 0 Å². The minimum Gasteiger partial charge on any atom is -0.393 e. The molecule has 1 aromatic rings. The van der Waals surface area contributed by atoms with E-state index in [1.54, 1.807) is 0 Å². The molecule has 0 aromatic carbocycles. The Hall–Kier alpha value is -0.900. The van der Waals surface area contributed by atoms with Gasteiger partial charge in [-0.05, 0) is 11.5 Å². The molecule has 0 bridgehead atoms. The number of nitrogens with two attached hydrogens (primary N) is 1. The molecule has 0 saturated heterocycles. The third-order valence-corrected chi connectivity index (χ3v) is 1.76. The Morgan fingerprint density at radius 2 is 2.38 bits per heavy atom. The largest absolute Gasteiger partial charge is 0.393 e. The second-order valence-electron chi connectivity index (χ2n) is 3.61. The van der Waals surface area contributed by atoms with Crippen LogP contribution in [0.5, 0.6) is 0 Å². The molecule has 0 fully saturated rings. The molecule has 0 amide bonds. The van der Waals surface area contributed by atoms with Crippen molar-refractivity contribution in [3.05, 3.63) is 18.0 Å². The molecule has 4 heteroatoms. The van der Waals surface area contributed by atoms with Crippen LogP contribution >= 0.6 is 12.2 Å². The van der Waals surface area contributed by atoms with E-state index in [-0.39, 0.29) is 0 Å². The van der Waals surface area contributed by atoms with Gasteiger partial charge < -0.3 is 5.73 Å². The van der Waals surface area contributed by atoms with Crippen molar-refractivity contribution in [1.29, 1.82) is 0 Å². The van der Waals surface area contributed by atoms with Crippen molar-refractivity contribution in [3.63, 3.8) is 0 Å². The van der Waals surface area contributed by atoms with Crippen molar-refractivity contribution in [2.24, 2.45) is 11.7 Å². The highest BCUT2D eigenvalue weighted by atomic mass is 32.1. The lowest BCUT2D eigenvalue weighted by Gasteiger charge is -2.03. The number of aromatic nitrogens is 2. The van der Waals surface area contributed by atoms with Crippen LogP contribution in [0.3, 0.4) is 0 Å². The van der Waals surface area contributed by atoms with Gasteiger partial charge in [-0.1, -0.05) is 26.1 Å². The van der Waals surface area contributed by atoms with Gasteiger partial charge in [0, 0.05) is 19.2 Å². The van der Waals surface area contributed by atoms with Crippen molar-refractivity contribution in [2.75, 3.05) is 0 Å².